The highest BCUT2D eigenvalue weighted by atomic mass is 32.2. The number of aryl methyl sites for hydroxylation is 1. The Morgan fingerprint density at radius 2 is 2.00 bits per heavy atom. The van der Waals surface area contributed by atoms with Gasteiger partial charge >= 0.3 is 0 Å². The van der Waals surface area contributed by atoms with E-state index in [1.54, 1.807) is 0 Å². The molecule has 0 spiro atoms. The number of rotatable bonds is 3. The molecule has 3 atom stereocenters. The molecule has 0 amide bonds. The third-order valence-corrected chi connectivity index (χ3v) is 4.74. The van der Waals surface area contributed by atoms with Crippen LogP contribution >= 0.6 is 11.8 Å². The van der Waals surface area contributed by atoms with Gasteiger partial charge in [-0.15, -0.1) is 0 Å². The Bertz CT molecular complexity index is 333. The number of thioether (sulfide) groups is 1. The summed E-state index contributed by atoms with van der Waals surface area (Å²) in [4.78, 5) is 0. The summed E-state index contributed by atoms with van der Waals surface area (Å²) in [5.41, 5.74) is 2.73. The highest BCUT2D eigenvalue weighted by molar-refractivity contribution is 8.00. The fraction of sp³-hybridized carbons (Fsp3) is 0.571. The van der Waals surface area contributed by atoms with Gasteiger partial charge in [-0.1, -0.05) is 36.8 Å². The van der Waals surface area contributed by atoms with Crippen LogP contribution in [-0.2, 0) is 0 Å². The van der Waals surface area contributed by atoms with Gasteiger partial charge in [0, 0.05) is 17.3 Å². The van der Waals surface area contributed by atoms with Crippen LogP contribution in [0.1, 0.15) is 37.4 Å². The summed E-state index contributed by atoms with van der Waals surface area (Å²) in [6.07, 6.45) is 1.31. The molecule has 1 aliphatic heterocycles. The van der Waals surface area contributed by atoms with Crippen molar-refractivity contribution in [2.24, 2.45) is 0 Å². The molecule has 0 saturated carbocycles. The lowest BCUT2D eigenvalue weighted by molar-refractivity contribution is 0.454. The van der Waals surface area contributed by atoms with Crippen LogP contribution in [0.3, 0.4) is 0 Å². The minimum Gasteiger partial charge on any atom is -0.306 e. The second-order valence-corrected chi connectivity index (χ2v) is 6.26. The zero-order chi connectivity index (χ0) is 11.5. The molecule has 2 unspecified atom stereocenters. The van der Waals surface area contributed by atoms with Crippen molar-refractivity contribution in [1.29, 1.82) is 0 Å². The van der Waals surface area contributed by atoms with Gasteiger partial charge in [0.2, 0.25) is 0 Å². The molecule has 1 heterocycles. The number of hydrogen-bond acceptors (Lipinski definition) is 2. The Balaban J connectivity index is 1.97. The van der Waals surface area contributed by atoms with Gasteiger partial charge in [-0.05, 0) is 31.6 Å². The van der Waals surface area contributed by atoms with E-state index in [1.807, 2.05) is 0 Å². The maximum absolute atomic E-state index is 3.74. The molecule has 1 N–H and O–H groups in total. The lowest BCUT2D eigenvalue weighted by Gasteiger charge is -2.22. The molecule has 1 aromatic carbocycles. The van der Waals surface area contributed by atoms with Gasteiger partial charge in [0.25, 0.3) is 0 Å². The summed E-state index contributed by atoms with van der Waals surface area (Å²) in [5.74, 6) is 1.31. The lowest BCUT2D eigenvalue weighted by Crippen LogP contribution is -2.35. The molecule has 1 fully saturated rings. The van der Waals surface area contributed by atoms with E-state index in [2.05, 4.69) is 62.1 Å². The van der Waals surface area contributed by atoms with Gasteiger partial charge in [-0.3, -0.25) is 0 Å². The summed E-state index contributed by atoms with van der Waals surface area (Å²) < 4.78 is 0. The lowest BCUT2D eigenvalue weighted by atomic mass is 10.0. The predicted molar refractivity (Wildman–Crippen MR) is 73.1 cm³/mol. The van der Waals surface area contributed by atoms with E-state index < -0.39 is 0 Å². The van der Waals surface area contributed by atoms with Gasteiger partial charge in [0.05, 0.1) is 0 Å². The molecule has 1 saturated heterocycles. The van der Waals surface area contributed by atoms with Gasteiger partial charge in [-0.25, -0.2) is 0 Å². The van der Waals surface area contributed by atoms with Crippen molar-refractivity contribution >= 4 is 11.8 Å². The molecule has 0 aromatic heterocycles. The summed E-state index contributed by atoms with van der Waals surface area (Å²) in [5, 5.41) is 4.50. The Labute approximate surface area is 103 Å². The van der Waals surface area contributed by atoms with Crippen LogP contribution in [-0.4, -0.2) is 17.0 Å². The van der Waals surface area contributed by atoms with Crippen molar-refractivity contribution < 1.29 is 0 Å². The molecule has 1 aliphatic rings. The van der Waals surface area contributed by atoms with Gasteiger partial charge in [0.15, 0.2) is 0 Å². The zero-order valence-corrected chi connectivity index (χ0v) is 11.2. The molecule has 2 rings (SSSR count). The Morgan fingerprint density at radius 3 is 2.56 bits per heavy atom. The smallest absolute Gasteiger partial charge is 0.0294 e. The van der Waals surface area contributed by atoms with Crippen LogP contribution in [0.25, 0.3) is 0 Å². The van der Waals surface area contributed by atoms with E-state index in [0.717, 1.165) is 5.25 Å². The molecule has 0 aliphatic carbocycles. The highest BCUT2D eigenvalue weighted by Crippen LogP contribution is 2.28. The topological polar surface area (TPSA) is 12.0 Å². The molecule has 1 aromatic rings. The summed E-state index contributed by atoms with van der Waals surface area (Å²) >= 11 is 2.08. The summed E-state index contributed by atoms with van der Waals surface area (Å²) in [7, 11) is 0. The molecule has 2 heteroatoms. The van der Waals surface area contributed by atoms with Crippen LogP contribution in [0.5, 0.6) is 0 Å². The van der Waals surface area contributed by atoms with Gasteiger partial charge in [0.1, 0.15) is 0 Å². The Hall–Kier alpha value is -0.470. The molecule has 1 nitrogen and oxygen atoms in total. The van der Waals surface area contributed by atoms with Crippen LogP contribution in [0.2, 0.25) is 0 Å². The van der Waals surface area contributed by atoms with Crippen LogP contribution in [0.15, 0.2) is 24.3 Å². The molecule has 0 bridgehead atoms. The summed E-state index contributed by atoms with van der Waals surface area (Å²) in [6.45, 7) is 6.73. The first-order chi connectivity index (χ1) is 7.66. The van der Waals surface area contributed by atoms with E-state index in [-0.39, 0.29) is 0 Å². The quantitative estimate of drug-likeness (QED) is 0.860. The summed E-state index contributed by atoms with van der Waals surface area (Å²) in [6, 6.07) is 10.0. The van der Waals surface area contributed by atoms with Gasteiger partial charge in [-0.2, -0.15) is 11.8 Å². The standard InChI is InChI=1S/C14H21NS/c1-10-4-6-13(7-5-10)11(2)15-14-8-9-16-12(14)3/h4-7,11-12,14-15H,8-9H2,1-3H3/t11-,12?,14?/m1/s1. The van der Waals surface area contributed by atoms with E-state index >= 15 is 0 Å². The maximum Gasteiger partial charge on any atom is 0.0294 e. The monoisotopic (exact) mass is 235 g/mol. The normalized spacial score (nSPS) is 26.9. The zero-order valence-electron chi connectivity index (χ0n) is 10.4. The molecular formula is C14H21NS. The average Bonchev–Trinajstić information content (AvgIpc) is 2.65. The van der Waals surface area contributed by atoms with E-state index in [9.17, 15) is 0 Å². The first kappa shape index (κ1) is 12.0. The first-order valence-electron chi connectivity index (χ1n) is 6.11. The number of benzene rings is 1. The molecule has 88 valence electrons. The van der Waals surface area contributed by atoms with E-state index in [4.69, 9.17) is 0 Å². The largest absolute Gasteiger partial charge is 0.306 e. The first-order valence-corrected chi connectivity index (χ1v) is 7.16. The Kier molecular flexibility index (Phi) is 3.93. The van der Waals surface area contributed by atoms with Crippen molar-refractivity contribution in [2.45, 2.75) is 44.5 Å². The molecule has 16 heavy (non-hydrogen) atoms. The van der Waals surface area contributed by atoms with Crippen LogP contribution in [0, 0.1) is 6.92 Å². The molecular weight excluding hydrogens is 214 g/mol. The fourth-order valence-electron chi connectivity index (χ4n) is 2.22. The maximum atomic E-state index is 3.74. The van der Waals surface area contributed by atoms with E-state index in [0.29, 0.717) is 12.1 Å². The fourth-order valence-corrected chi connectivity index (χ4v) is 3.43. The average molecular weight is 235 g/mol. The van der Waals surface area contributed by atoms with Crippen molar-refractivity contribution in [3.63, 3.8) is 0 Å². The SMILES string of the molecule is Cc1ccc([C@@H](C)NC2CCSC2C)cc1. The highest BCUT2D eigenvalue weighted by Gasteiger charge is 2.25. The molecule has 0 radical (unpaired) electrons. The van der Waals surface area contributed by atoms with Crippen molar-refractivity contribution in [3.8, 4) is 0 Å². The van der Waals surface area contributed by atoms with Crippen molar-refractivity contribution in [2.75, 3.05) is 5.75 Å². The number of nitrogens with one attached hydrogen (secondary N) is 1. The van der Waals surface area contributed by atoms with Crippen molar-refractivity contribution in [1.82, 2.24) is 5.32 Å². The third-order valence-electron chi connectivity index (χ3n) is 3.42. The Morgan fingerprint density at radius 1 is 1.31 bits per heavy atom. The minimum absolute atomic E-state index is 0.465. The number of hydrogen-bond donors (Lipinski definition) is 1. The van der Waals surface area contributed by atoms with Gasteiger partial charge < -0.3 is 5.32 Å². The van der Waals surface area contributed by atoms with Crippen LogP contribution < -0.4 is 5.32 Å². The van der Waals surface area contributed by atoms with Crippen molar-refractivity contribution in [3.05, 3.63) is 35.4 Å². The third kappa shape index (κ3) is 2.80. The second-order valence-electron chi connectivity index (χ2n) is 4.77. The van der Waals surface area contributed by atoms with Crippen LogP contribution in [0.4, 0.5) is 0 Å². The van der Waals surface area contributed by atoms with E-state index in [1.165, 1.54) is 23.3 Å². The second kappa shape index (κ2) is 5.24. The predicted octanol–water partition coefficient (Wildman–Crippen LogP) is 3.54. The minimum atomic E-state index is 0.465.